The Morgan fingerprint density at radius 3 is 2.78 bits per heavy atom. The third-order valence-corrected chi connectivity index (χ3v) is 4.63. The molecule has 1 amide bonds. The number of amides is 1. The van der Waals surface area contributed by atoms with Gasteiger partial charge in [-0.15, -0.1) is 0 Å². The van der Waals surface area contributed by atoms with Crippen molar-refractivity contribution in [2.24, 2.45) is 7.05 Å². The average molecular weight is 272 g/mol. The van der Waals surface area contributed by atoms with Gasteiger partial charge >= 0.3 is 0 Å². The van der Waals surface area contributed by atoms with Crippen LogP contribution in [0.2, 0.25) is 0 Å². The smallest absolute Gasteiger partial charge is 0.262 e. The first-order valence-electron chi connectivity index (χ1n) is 5.68. The fraction of sp³-hybridized carbons (Fsp3) is 0.600. The number of carbonyl (C=O) groups excluding carboxylic acids is 1. The number of imidazole rings is 1. The molecule has 8 heteroatoms. The van der Waals surface area contributed by atoms with Gasteiger partial charge in [-0.1, -0.05) is 0 Å². The first-order valence-corrected chi connectivity index (χ1v) is 7.12. The highest BCUT2D eigenvalue weighted by atomic mass is 32.2. The lowest BCUT2D eigenvalue weighted by Crippen LogP contribution is -2.37. The van der Waals surface area contributed by atoms with Gasteiger partial charge in [-0.2, -0.15) is 4.31 Å². The molecule has 0 bridgehead atoms. The summed E-state index contributed by atoms with van der Waals surface area (Å²) < 4.78 is 27.5. The van der Waals surface area contributed by atoms with Gasteiger partial charge in [-0.25, -0.2) is 13.4 Å². The lowest BCUT2D eigenvalue weighted by atomic mass is 10.4. The van der Waals surface area contributed by atoms with E-state index in [0.29, 0.717) is 25.3 Å². The Hall–Kier alpha value is -1.41. The molecule has 0 aromatic carbocycles. The zero-order valence-corrected chi connectivity index (χ0v) is 11.2. The first-order chi connectivity index (χ1) is 8.41. The van der Waals surface area contributed by atoms with Crippen molar-refractivity contribution >= 4 is 15.9 Å². The van der Waals surface area contributed by atoms with Crippen molar-refractivity contribution in [2.75, 3.05) is 19.6 Å². The molecule has 0 spiro atoms. The Labute approximate surface area is 106 Å². The molecule has 0 aliphatic carbocycles. The second-order valence-electron chi connectivity index (χ2n) is 4.28. The third kappa shape index (κ3) is 2.39. The zero-order chi connectivity index (χ0) is 13.3. The predicted octanol–water partition coefficient (Wildman–Crippen LogP) is -0.761. The van der Waals surface area contributed by atoms with Crippen molar-refractivity contribution in [3.8, 4) is 0 Å². The van der Waals surface area contributed by atoms with E-state index in [9.17, 15) is 13.2 Å². The van der Waals surface area contributed by atoms with E-state index in [1.165, 1.54) is 10.5 Å². The Morgan fingerprint density at radius 2 is 2.17 bits per heavy atom. The second-order valence-corrected chi connectivity index (χ2v) is 6.16. The van der Waals surface area contributed by atoms with Crippen LogP contribution in [0.4, 0.5) is 0 Å². The zero-order valence-electron chi connectivity index (χ0n) is 10.4. The molecule has 1 aliphatic heterocycles. The molecule has 0 unspecified atom stereocenters. The van der Waals surface area contributed by atoms with Crippen molar-refractivity contribution < 1.29 is 13.2 Å². The molecule has 1 N–H and O–H groups in total. The van der Waals surface area contributed by atoms with Crippen LogP contribution in [0, 0.1) is 6.92 Å². The van der Waals surface area contributed by atoms with E-state index in [1.807, 2.05) is 0 Å². The summed E-state index contributed by atoms with van der Waals surface area (Å²) >= 11 is 0. The van der Waals surface area contributed by atoms with Crippen LogP contribution in [-0.2, 0) is 21.9 Å². The van der Waals surface area contributed by atoms with Gasteiger partial charge in [-0.05, 0) is 13.3 Å². The van der Waals surface area contributed by atoms with E-state index in [4.69, 9.17) is 0 Å². The van der Waals surface area contributed by atoms with E-state index in [0.717, 1.165) is 0 Å². The summed E-state index contributed by atoms with van der Waals surface area (Å²) in [4.78, 5) is 15.4. The number of aryl methyl sites for hydroxylation is 2. The van der Waals surface area contributed by atoms with Gasteiger partial charge in [0, 0.05) is 26.3 Å². The highest BCUT2D eigenvalue weighted by molar-refractivity contribution is 7.89. The summed E-state index contributed by atoms with van der Waals surface area (Å²) in [5.41, 5.74) is 0. The maximum absolute atomic E-state index is 12.3. The van der Waals surface area contributed by atoms with Crippen LogP contribution in [0.15, 0.2) is 11.2 Å². The van der Waals surface area contributed by atoms with Crippen LogP contribution in [0.25, 0.3) is 0 Å². The van der Waals surface area contributed by atoms with Crippen molar-refractivity contribution in [3.05, 3.63) is 12.0 Å². The number of rotatable bonds is 2. The standard InChI is InChI=1S/C10H16N4O3S/c1-8-12-10(7-13(8)2)18(16,17)14-5-3-4-11-9(15)6-14/h7H,3-6H2,1-2H3,(H,11,15). The molecule has 0 radical (unpaired) electrons. The molecule has 7 nitrogen and oxygen atoms in total. The van der Waals surface area contributed by atoms with E-state index in [2.05, 4.69) is 10.3 Å². The molecule has 0 atom stereocenters. The van der Waals surface area contributed by atoms with Gasteiger partial charge in [0.1, 0.15) is 5.82 Å². The Balaban J connectivity index is 2.32. The maximum Gasteiger partial charge on any atom is 0.262 e. The maximum atomic E-state index is 12.3. The van der Waals surface area contributed by atoms with Crippen molar-refractivity contribution in [1.82, 2.24) is 19.2 Å². The van der Waals surface area contributed by atoms with Gasteiger partial charge in [0.15, 0.2) is 5.03 Å². The average Bonchev–Trinajstić information content (AvgIpc) is 2.52. The van der Waals surface area contributed by atoms with Crippen LogP contribution in [0.5, 0.6) is 0 Å². The third-order valence-electron chi connectivity index (χ3n) is 2.92. The van der Waals surface area contributed by atoms with E-state index in [1.54, 1.807) is 18.5 Å². The number of carbonyl (C=O) groups is 1. The number of hydrogen-bond donors (Lipinski definition) is 1. The molecule has 2 heterocycles. The number of hydrogen-bond acceptors (Lipinski definition) is 4. The van der Waals surface area contributed by atoms with Gasteiger partial charge in [0.25, 0.3) is 10.0 Å². The summed E-state index contributed by atoms with van der Waals surface area (Å²) in [7, 11) is -1.95. The first kappa shape index (κ1) is 13.0. The van der Waals surface area contributed by atoms with Crippen LogP contribution in [0.3, 0.4) is 0 Å². The van der Waals surface area contributed by atoms with Crippen molar-refractivity contribution in [1.29, 1.82) is 0 Å². The molecule has 100 valence electrons. The Bertz CT molecular complexity index is 544. The van der Waals surface area contributed by atoms with E-state index >= 15 is 0 Å². The van der Waals surface area contributed by atoms with E-state index < -0.39 is 10.0 Å². The molecule has 1 aromatic rings. The molecular weight excluding hydrogens is 256 g/mol. The monoisotopic (exact) mass is 272 g/mol. The minimum absolute atomic E-state index is 0.00259. The number of nitrogens with one attached hydrogen (secondary N) is 1. The normalized spacial score (nSPS) is 18.4. The summed E-state index contributed by atoms with van der Waals surface area (Å²) in [6, 6.07) is 0. The highest BCUT2D eigenvalue weighted by Gasteiger charge is 2.30. The lowest BCUT2D eigenvalue weighted by molar-refractivity contribution is -0.120. The Morgan fingerprint density at radius 1 is 1.44 bits per heavy atom. The fourth-order valence-corrected chi connectivity index (χ4v) is 3.23. The van der Waals surface area contributed by atoms with Crippen LogP contribution in [0.1, 0.15) is 12.2 Å². The number of aromatic nitrogens is 2. The van der Waals surface area contributed by atoms with Gasteiger partial charge in [0.2, 0.25) is 5.91 Å². The molecule has 1 aliphatic rings. The lowest BCUT2D eigenvalue weighted by Gasteiger charge is -2.16. The fourth-order valence-electron chi connectivity index (χ4n) is 1.77. The quantitative estimate of drug-likeness (QED) is 0.767. The summed E-state index contributed by atoms with van der Waals surface area (Å²) in [6.45, 7) is 2.43. The molecule has 1 saturated heterocycles. The Kier molecular flexibility index (Phi) is 3.40. The van der Waals surface area contributed by atoms with Gasteiger partial charge < -0.3 is 9.88 Å². The molecule has 18 heavy (non-hydrogen) atoms. The van der Waals surface area contributed by atoms with Crippen molar-refractivity contribution in [2.45, 2.75) is 18.4 Å². The second kappa shape index (κ2) is 4.69. The minimum Gasteiger partial charge on any atom is -0.355 e. The molecule has 1 fully saturated rings. The van der Waals surface area contributed by atoms with E-state index in [-0.39, 0.29) is 17.5 Å². The van der Waals surface area contributed by atoms with Crippen LogP contribution < -0.4 is 5.32 Å². The van der Waals surface area contributed by atoms with Crippen LogP contribution in [-0.4, -0.2) is 47.8 Å². The molecular formula is C10H16N4O3S. The molecule has 2 rings (SSSR count). The van der Waals surface area contributed by atoms with Gasteiger partial charge in [-0.3, -0.25) is 4.79 Å². The van der Waals surface area contributed by atoms with Gasteiger partial charge in [0.05, 0.1) is 6.54 Å². The van der Waals surface area contributed by atoms with Crippen LogP contribution >= 0.6 is 0 Å². The molecule has 0 saturated carbocycles. The summed E-state index contributed by atoms with van der Waals surface area (Å²) in [5.74, 6) is 0.344. The number of sulfonamides is 1. The number of nitrogens with zero attached hydrogens (tertiary/aromatic N) is 3. The van der Waals surface area contributed by atoms with Crippen molar-refractivity contribution in [3.63, 3.8) is 0 Å². The molecule has 1 aromatic heterocycles. The topological polar surface area (TPSA) is 84.3 Å². The predicted molar refractivity (Wildman–Crippen MR) is 64.3 cm³/mol. The highest BCUT2D eigenvalue weighted by Crippen LogP contribution is 2.15. The minimum atomic E-state index is -3.68. The SMILES string of the molecule is Cc1nc(S(=O)(=O)N2CCCNC(=O)C2)cn1C. The summed E-state index contributed by atoms with van der Waals surface area (Å²) in [5, 5.41) is 2.64. The largest absolute Gasteiger partial charge is 0.355 e. The summed E-state index contributed by atoms with van der Waals surface area (Å²) in [6.07, 6.45) is 2.07.